The predicted molar refractivity (Wildman–Crippen MR) is 62.7 cm³/mol. The topological polar surface area (TPSA) is 77.9 Å². The van der Waals surface area contributed by atoms with Crippen molar-refractivity contribution in [3.8, 4) is 0 Å². The highest BCUT2D eigenvalue weighted by atomic mass is 16.4. The van der Waals surface area contributed by atoms with Gasteiger partial charge in [-0.05, 0) is 18.8 Å². The molecule has 6 nitrogen and oxygen atoms in total. The van der Waals surface area contributed by atoms with Crippen molar-refractivity contribution in [3.05, 3.63) is 0 Å². The molecular weight excluding hydrogens is 236 g/mol. The Hall–Kier alpha value is -1.59. The van der Waals surface area contributed by atoms with E-state index in [4.69, 9.17) is 5.11 Å². The highest BCUT2D eigenvalue weighted by Crippen LogP contribution is 2.30. The monoisotopic (exact) mass is 254 g/mol. The molecule has 2 rings (SSSR count). The van der Waals surface area contributed by atoms with Gasteiger partial charge in [0.05, 0.1) is 5.92 Å². The average Bonchev–Trinajstić information content (AvgIpc) is 3.03. The third kappa shape index (κ3) is 3.00. The number of hydrogen-bond acceptors (Lipinski definition) is 3. The van der Waals surface area contributed by atoms with E-state index in [1.807, 2.05) is 0 Å². The molecule has 100 valence electrons. The number of carbonyl (C=O) groups excluding carboxylic acids is 2. The van der Waals surface area contributed by atoms with Gasteiger partial charge in [0, 0.05) is 26.6 Å². The fraction of sp³-hybridized carbons (Fsp3) is 0.750. The first-order chi connectivity index (χ1) is 8.47. The van der Waals surface area contributed by atoms with Crippen LogP contribution in [-0.2, 0) is 14.4 Å². The van der Waals surface area contributed by atoms with Crippen LogP contribution in [0.4, 0.5) is 0 Å². The van der Waals surface area contributed by atoms with Gasteiger partial charge in [-0.3, -0.25) is 14.4 Å². The second-order valence-corrected chi connectivity index (χ2v) is 5.23. The molecule has 0 bridgehead atoms. The number of rotatable bonds is 5. The van der Waals surface area contributed by atoms with E-state index in [2.05, 4.69) is 0 Å². The van der Waals surface area contributed by atoms with E-state index >= 15 is 0 Å². The van der Waals surface area contributed by atoms with E-state index < -0.39 is 5.97 Å². The first-order valence-corrected chi connectivity index (χ1v) is 6.22. The fourth-order valence-corrected chi connectivity index (χ4v) is 2.29. The molecule has 1 unspecified atom stereocenters. The van der Waals surface area contributed by atoms with Gasteiger partial charge >= 0.3 is 5.97 Å². The first-order valence-electron chi connectivity index (χ1n) is 6.22. The Labute approximate surface area is 106 Å². The Morgan fingerprint density at radius 1 is 1.44 bits per heavy atom. The summed E-state index contributed by atoms with van der Waals surface area (Å²) in [6, 6.07) is 0. The molecule has 18 heavy (non-hydrogen) atoms. The lowest BCUT2D eigenvalue weighted by Crippen LogP contribution is -2.41. The van der Waals surface area contributed by atoms with Gasteiger partial charge < -0.3 is 14.9 Å². The number of likely N-dealkylation sites (tertiary alicyclic amines) is 1. The molecule has 2 amide bonds. The van der Waals surface area contributed by atoms with E-state index in [1.165, 1.54) is 9.80 Å². The van der Waals surface area contributed by atoms with E-state index in [0.717, 1.165) is 12.8 Å². The van der Waals surface area contributed by atoms with Crippen LogP contribution in [0.1, 0.15) is 19.3 Å². The lowest BCUT2D eigenvalue weighted by molar-refractivity contribution is -0.146. The van der Waals surface area contributed by atoms with Crippen molar-refractivity contribution in [2.24, 2.45) is 11.8 Å². The van der Waals surface area contributed by atoms with Gasteiger partial charge in [0.2, 0.25) is 11.8 Å². The summed E-state index contributed by atoms with van der Waals surface area (Å²) in [6.07, 6.45) is 2.33. The molecule has 1 aliphatic carbocycles. The normalized spacial score (nSPS) is 23.3. The number of aliphatic carboxylic acids is 1. The number of hydrogen-bond donors (Lipinski definition) is 1. The standard InChI is InChI=1S/C12H18N2O4/c1-13-6-9(4-10(13)15)12(18)14(7-11(16)17)5-8-2-3-8/h8-9H,2-7H2,1H3,(H,16,17). The van der Waals surface area contributed by atoms with E-state index in [0.29, 0.717) is 19.0 Å². The summed E-state index contributed by atoms with van der Waals surface area (Å²) < 4.78 is 0. The van der Waals surface area contributed by atoms with Crippen molar-refractivity contribution in [3.63, 3.8) is 0 Å². The summed E-state index contributed by atoms with van der Waals surface area (Å²) in [5.74, 6) is -1.16. The van der Waals surface area contributed by atoms with Crippen LogP contribution < -0.4 is 0 Å². The highest BCUT2D eigenvalue weighted by molar-refractivity contribution is 5.90. The summed E-state index contributed by atoms with van der Waals surface area (Å²) >= 11 is 0. The van der Waals surface area contributed by atoms with Crippen LogP contribution in [0.25, 0.3) is 0 Å². The maximum Gasteiger partial charge on any atom is 0.323 e. The summed E-state index contributed by atoms with van der Waals surface area (Å²) in [6.45, 7) is 0.654. The summed E-state index contributed by atoms with van der Waals surface area (Å²) in [4.78, 5) is 37.3. The smallest absolute Gasteiger partial charge is 0.323 e. The van der Waals surface area contributed by atoms with Crippen molar-refractivity contribution in [1.82, 2.24) is 9.80 Å². The predicted octanol–water partition coefficient (Wildman–Crippen LogP) is -0.212. The number of amides is 2. The molecule has 1 saturated heterocycles. The first kappa shape index (κ1) is 12.9. The van der Waals surface area contributed by atoms with Crippen LogP contribution in [0.15, 0.2) is 0 Å². The molecule has 1 atom stereocenters. The van der Waals surface area contributed by atoms with Gasteiger partial charge in [0.25, 0.3) is 0 Å². The van der Waals surface area contributed by atoms with E-state index in [9.17, 15) is 14.4 Å². The minimum absolute atomic E-state index is 0.0463. The Morgan fingerprint density at radius 3 is 2.56 bits per heavy atom. The zero-order valence-corrected chi connectivity index (χ0v) is 10.5. The zero-order valence-electron chi connectivity index (χ0n) is 10.5. The molecule has 0 radical (unpaired) electrons. The number of nitrogens with zero attached hydrogens (tertiary/aromatic N) is 2. The second-order valence-electron chi connectivity index (χ2n) is 5.23. The molecular formula is C12H18N2O4. The molecule has 2 fully saturated rings. The summed E-state index contributed by atoms with van der Waals surface area (Å²) in [5.41, 5.74) is 0. The largest absolute Gasteiger partial charge is 0.480 e. The number of carboxylic acids is 1. The second kappa shape index (κ2) is 4.96. The molecule has 0 aromatic carbocycles. The summed E-state index contributed by atoms with van der Waals surface area (Å²) in [5, 5.41) is 8.84. The lowest BCUT2D eigenvalue weighted by atomic mass is 10.1. The van der Waals surface area contributed by atoms with Gasteiger partial charge in [0.15, 0.2) is 0 Å². The minimum atomic E-state index is -0.998. The fourth-order valence-electron chi connectivity index (χ4n) is 2.29. The molecule has 2 aliphatic rings. The molecule has 0 aromatic rings. The minimum Gasteiger partial charge on any atom is -0.480 e. The molecule has 6 heteroatoms. The Bertz CT molecular complexity index is 378. The SMILES string of the molecule is CN1CC(C(=O)N(CC(=O)O)CC2CC2)CC1=O. The van der Waals surface area contributed by atoms with Crippen molar-refractivity contribution in [2.45, 2.75) is 19.3 Å². The quantitative estimate of drug-likeness (QED) is 0.736. The average molecular weight is 254 g/mol. The van der Waals surface area contributed by atoms with Crippen LogP contribution in [0.2, 0.25) is 0 Å². The van der Waals surface area contributed by atoms with Crippen molar-refractivity contribution < 1.29 is 19.5 Å². The third-order valence-corrected chi connectivity index (χ3v) is 3.50. The maximum absolute atomic E-state index is 12.2. The van der Waals surface area contributed by atoms with Crippen molar-refractivity contribution in [1.29, 1.82) is 0 Å². The highest BCUT2D eigenvalue weighted by Gasteiger charge is 2.37. The Kier molecular flexibility index (Phi) is 3.54. The van der Waals surface area contributed by atoms with Crippen molar-refractivity contribution >= 4 is 17.8 Å². The van der Waals surface area contributed by atoms with Gasteiger partial charge in [-0.1, -0.05) is 0 Å². The number of carboxylic acid groups (broad SMARTS) is 1. The summed E-state index contributed by atoms with van der Waals surface area (Å²) in [7, 11) is 1.66. The van der Waals surface area contributed by atoms with Gasteiger partial charge in [-0.25, -0.2) is 0 Å². The Morgan fingerprint density at radius 2 is 2.11 bits per heavy atom. The number of carbonyl (C=O) groups is 3. The third-order valence-electron chi connectivity index (χ3n) is 3.50. The maximum atomic E-state index is 12.2. The molecule has 1 heterocycles. The van der Waals surface area contributed by atoms with Crippen LogP contribution in [0, 0.1) is 11.8 Å². The Balaban J connectivity index is 1.97. The molecule has 1 aliphatic heterocycles. The van der Waals surface area contributed by atoms with Crippen LogP contribution in [0.5, 0.6) is 0 Å². The van der Waals surface area contributed by atoms with Gasteiger partial charge in [-0.15, -0.1) is 0 Å². The van der Waals surface area contributed by atoms with Crippen LogP contribution >= 0.6 is 0 Å². The van der Waals surface area contributed by atoms with E-state index in [1.54, 1.807) is 7.05 Å². The van der Waals surface area contributed by atoms with Crippen molar-refractivity contribution in [2.75, 3.05) is 26.7 Å². The molecule has 1 N–H and O–H groups in total. The van der Waals surface area contributed by atoms with Crippen LogP contribution in [0.3, 0.4) is 0 Å². The molecule has 0 spiro atoms. The lowest BCUT2D eigenvalue weighted by Gasteiger charge is -2.23. The van der Waals surface area contributed by atoms with Gasteiger partial charge in [0.1, 0.15) is 6.54 Å². The van der Waals surface area contributed by atoms with Crippen LogP contribution in [-0.4, -0.2) is 59.4 Å². The molecule has 0 aromatic heterocycles. The zero-order chi connectivity index (χ0) is 13.3. The van der Waals surface area contributed by atoms with E-state index in [-0.39, 0.29) is 30.7 Å². The molecule has 1 saturated carbocycles. The van der Waals surface area contributed by atoms with Gasteiger partial charge in [-0.2, -0.15) is 0 Å².